The van der Waals surface area contributed by atoms with Crippen molar-refractivity contribution in [1.29, 1.82) is 0 Å². The summed E-state index contributed by atoms with van der Waals surface area (Å²) in [6, 6.07) is 0. The van der Waals surface area contributed by atoms with Crippen LogP contribution in [0.25, 0.3) is 0 Å². The summed E-state index contributed by atoms with van der Waals surface area (Å²) in [6.07, 6.45) is 1.79. The number of rotatable bonds is 1. The Morgan fingerprint density at radius 2 is 1.83 bits per heavy atom. The fourth-order valence-corrected chi connectivity index (χ4v) is 1.57. The summed E-state index contributed by atoms with van der Waals surface area (Å²) >= 11 is -2.01. The van der Waals surface area contributed by atoms with Gasteiger partial charge in [-0.3, -0.25) is 4.21 Å². The van der Waals surface area contributed by atoms with E-state index in [1.807, 2.05) is 0 Å². The molecule has 1 saturated heterocycles. The third-order valence-corrected chi connectivity index (χ3v) is 2.57. The monoisotopic (exact) mass is 434 g/mol. The largest absolute Gasteiger partial charge is 0.760 e. The Labute approximate surface area is 116 Å². The van der Waals surface area contributed by atoms with Gasteiger partial charge in [0.05, 0.1) is 0 Å². The molecule has 69 valence electrons. The molecule has 3 nitrogen and oxygen atoms in total. The molecule has 0 aromatic heterocycles. The first-order valence-electron chi connectivity index (χ1n) is 3.37. The Balaban J connectivity index is 0. The van der Waals surface area contributed by atoms with E-state index in [-0.39, 0.29) is 53.8 Å². The van der Waals surface area contributed by atoms with Crippen LogP contribution in [-0.2, 0) is 65.0 Å². The Hall–Kier alpha value is 1.86. The fraction of sp³-hybridized carbons (Fsp3) is 0.833. The molecule has 0 N–H and O–H groups in total. The van der Waals surface area contributed by atoms with Gasteiger partial charge in [0.25, 0.3) is 0 Å². The fourth-order valence-electron chi connectivity index (χ4n) is 1.06. The van der Waals surface area contributed by atoms with Crippen LogP contribution in [0.5, 0.6) is 0 Å². The van der Waals surface area contributed by atoms with Crippen LogP contribution in [-0.4, -0.2) is 26.2 Å². The average Bonchev–Trinajstić information content (AvgIpc) is 1.88. The standard InChI is InChI=1S/C6H12NO2S.W.Y/c1-6-2-4-7(5-3-6)10(8)9;;/h6H,1-5H2,(H,8,9);;/q-1;;/p-1. The van der Waals surface area contributed by atoms with Gasteiger partial charge in [0, 0.05) is 78.1 Å². The number of piperidine rings is 1. The minimum atomic E-state index is -2.01. The summed E-state index contributed by atoms with van der Waals surface area (Å²) < 4.78 is 22.2. The number of hydrogen-bond acceptors (Lipinski definition) is 2. The summed E-state index contributed by atoms with van der Waals surface area (Å²) in [4.78, 5) is 0. The third kappa shape index (κ3) is 5.56. The van der Waals surface area contributed by atoms with Gasteiger partial charge in [0.2, 0.25) is 0 Å². The molecule has 1 fully saturated rings. The van der Waals surface area contributed by atoms with Crippen LogP contribution >= 0.6 is 0 Å². The van der Waals surface area contributed by atoms with Gasteiger partial charge in [-0.05, 0) is 0 Å². The van der Waals surface area contributed by atoms with Crippen molar-refractivity contribution in [2.24, 2.45) is 5.92 Å². The van der Waals surface area contributed by atoms with Crippen molar-refractivity contribution in [3.63, 3.8) is 0 Å². The van der Waals surface area contributed by atoms with Gasteiger partial charge < -0.3 is 11.5 Å². The topological polar surface area (TPSA) is 43.4 Å². The van der Waals surface area contributed by atoms with E-state index in [9.17, 15) is 8.76 Å². The second-order valence-electron chi connectivity index (χ2n) is 2.59. The van der Waals surface area contributed by atoms with Gasteiger partial charge in [-0.15, -0.1) is 0 Å². The van der Waals surface area contributed by atoms with Gasteiger partial charge in [-0.1, -0.05) is 12.8 Å². The quantitative estimate of drug-likeness (QED) is 0.441. The molecule has 0 amide bonds. The minimum Gasteiger partial charge on any atom is -0.760 e. The van der Waals surface area contributed by atoms with Gasteiger partial charge in [-0.25, -0.2) is 4.31 Å². The van der Waals surface area contributed by atoms with Crippen LogP contribution in [0.15, 0.2) is 0 Å². The van der Waals surface area contributed by atoms with E-state index in [4.69, 9.17) is 0 Å². The van der Waals surface area contributed by atoms with Gasteiger partial charge >= 0.3 is 0 Å². The van der Waals surface area contributed by atoms with E-state index < -0.39 is 11.3 Å². The summed E-state index contributed by atoms with van der Waals surface area (Å²) in [5.74, 6) is 0.444. The van der Waals surface area contributed by atoms with E-state index in [2.05, 4.69) is 6.92 Å². The van der Waals surface area contributed by atoms with E-state index in [0.29, 0.717) is 19.0 Å². The van der Waals surface area contributed by atoms with Gasteiger partial charge in [-0.2, -0.15) is 5.92 Å². The van der Waals surface area contributed by atoms with Gasteiger partial charge in [0.15, 0.2) is 0 Å². The molecule has 0 aromatic rings. The predicted octanol–water partition coefficient (Wildman–Crippen LogP) is 0.322. The molecule has 1 rings (SSSR count). The second-order valence-corrected chi connectivity index (χ2v) is 3.54. The molecule has 12 heavy (non-hydrogen) atoms. The van der Waals surface area contributed by atoms with Crippen molar-refractivity contribution in [2.75, 3.05) is 13.1 Å². The third-order valence-electron chi connectivity index (χ3n) is 1.78. The molecule has 0 aromatic carbocycles. The molecular weight excluding hydrogens is 423 g/mol. The van der Waals surface area contributed by atoms with Crippen molar-refractivity contribution >= 4 is 11.3 Å². The molecule has 6 heteroatoms. The van der Waals surface area contributed by atoms with Crippen molar-refractivity contribution < 1.29 is 62.5 Å². The van der Waals surface area contributed by atoms with Crippen LogP contribution < -0.4 is 0 Å². The van der Waals surface area contributed by atoms with Crippen molar-refractivity contribution in [3.8, 4) is 0 Å². The van der Waals surface area contributed by atoms with E-state index in [1.54, 1.807) is 0 Å². The molecule has 1 aliphatic rings. The maximum atomic E-state index is 10.4. The maximum Gasteiger partial charge on any atom is 0.0209 e. The first-order chi connectivity index (χ1) is 4.70. The Morgan fingerprint density at radius 3 is 2.17 bits per heavy atom. The van der Waals surface area contributed by atoms with Crippen molar-refractivity contribution in [3.05, 3.63) is 6.92 Å². The zero-order chi connectivity index (χ0) is 7.56. The molecule has 1 atom stereocenters. The number of hydrogen-bond donors (Lipinski definition) is 0. The molecule has 0 aliphatic carbocycles. The Morgan fingerprint density at radius 1 is 1.42 bits per heavy atom. The minimum absolute atomic E-state index is 0. The number of nitrogens with zero attached hydrogens (tertiary/aromatic N) is 1. The molecule has 0 bridgehead atoms. The SMILES string of the molecule is [CH2-]C1CCN(S(=O)[O-])CC1.[W].[Y]. The maximum absolute atomic E-state index is 10.4. The summed E-state index contributed by atoms with van der Waals surface area (Å²) in [6.45, 7) is 5.15. The summed E-state index contributed by atoms with van der Waals surface area (Å²) in [5, 5.41) is 0. The van der Waals surface area contributed by atoms with Crippen LogP contribution in [0.2, 0.25) is 0 Å². The van der Waals surface area contributed by atoms with Crippen LogP contribution in [0, 0.1) is 12.8 Å². The first-order valence-corrected chi connectivity index (χ1v) is 4.40. The Bertz CT molecular complexity index is 142. The molecule has 1 heterocycles. The molecule has 0 spiro atoms. The average molecular weight is 434 g/mol. The smallest absolute Gasteiger partial charge is 0.0209 e. The molecule has 1 unspecified atom stereocenters. The van der Waals surface area contributed by atoms with Crippen molar-refractivity contribution in [2.45, 2.75) is 12.8 Å². The predicted molar refractivity (Wildman–Crippen MR) is 38.6 cm³/mol. The van der Waals surface area contributed by atoms with Crippen LogP contribution in [0.1, 0.15) is 12.8 Å². The molecular formula is C6H11NO2SWY-2. The molecule has 1 aliphatic heterocycles. The van der Waals surface area contributed by atoms with Gasteiger partial charge in [0.1, 0.15) is 0 Å². The molecule has 0 saturated carbocycles. The van der Waals surface area contributed by atoms with E-state index in [0.717, 1.165) is 12.8 Å². The molecule has 1 radical (unpaired) electrons. The zero-order valence-corrected chi connectivity index (χ0v) is 13.4. The van der Waals surface area contributed by atoms with Crippen molar-refractivity contribution in [1.82, 2.24) is 4.31 Å². The van der Waals surface area contributed by atoms with Crippen LogP contribution in [0.4, 0.5) is 0 Å². The van der Waals surface area contributed by atoms with Crippen LogP contribution in [0.3, 0.4) is 0 Å². The summed E-state index contributed by atoms with van der Waals surface area (Å²) in [7, 11) is 0. The summed E-state index contributed by atoms with van der Waals surface area (Å²) in [5.41, 5.74) is 0. The first kappa shape index (κ1) is 16.3. The van der Waals surface area contributed by atoms with E-state index in [1.165, 1.54) is 4.31 Å². The van der Waals surface area contributed by atoms with E-state index >= 15 is 0 Å². The Kier molecular flexibility index (Phi) is 11.1. The normalized spacial score (nSPS) is 22.2. The zero-order valence-electron chi connectivity index (χ0n) is 6.77. The second kappa shape index (κ2) is 8.19.